The van der Waals surface area contributed by atoms with Crippen molar-refractivity contribution >= 4 is 23.0 Å². The summed E-state index contributed by atoms with van der Waals surface area (Å²) in [6, 6.07) is 15.4. The molecule has 0 saturated heterocycles. The van der Waals surface area contributed by atoms with Crippen molar-refractivity contribution in [3.05, 3.63) is 54.1 Å². The van der Waals surface area contributed by atoms with Crippen LogP contribution < -0.4 is 11.1 Å². The number of benzene rings is 2. The second-order valence-corrected chi connectivity index (χ2v) is 5.21. The molecule has 0 bridgehead atoms. The van der Waals surface area contributed by atoms with Crippen molar-refractivity contribution in [1.29, 1.82) is 0 Å². The van der Waals surface area contributed by atoms with Crippen molar-refractivity contribution in [3.63, 3.8) is 0 Å². The lowest BCUT2D eigenvalue weighted by Gasteiger charge is -2.06. The third kappa shape index (κ3) is 2.82. The van der Waals surface area contributed by atoms with Crippen LogP contribution in [-0.2, 0) is 0 Å². The largest absolute Gasteiger partial charge is 0.376 e. The molecule has 0 unspecified atom stereocenters. The summed E-state index contributed by atoms with van der Waals surface area (Å²) >= 11 is 4.89. The molecule has 1 aromatic heterocycles. The van der Waals surface area contributed by atoms with Gasteiger partial charge in [0.2, 0.25) is 5.82 Å². The molecule has 0 aliphatic carbocycles. The van der Waals surface area contributed by atoms with Crippen LogP contribution in [0.2, 0.25) is 0 Å². The van der Waals surface area contributed by atoms with E-state index in [1.165, 1.54) is 0 Å². The highest BCUT2D eigenvalue weighted by Crippen LogP contribution is 2.29. The lowest BCUT2D eigenvalue weighted by molar-refractivity contribution is 0.432. The molecule has 22 heavy (non-hydrogen) atoms. The third-order valence-corrected chi connectivity index (χ3v) is 3.33. The monoisotopic (exact) mass is 310 g/mol. The Balaban J connectivity index is 2.02. The number of thiocarbonyl (C=S) groups is 1. The Morgan fingerprint density at radius 3 is 2.50 bits per heavy atom. The minimum atomic E-state index is 0.186. The molecular formula is C16H14N4OS. The van der Waals surface area contributed by atoms with Crippen LogP contribution in [0.5, 0.6) is 0 Å². The summed E-state index contributed by atoms with van der Waals surface area (Å²) in [5.74, 6) is 0.968. The van der Waals surface area contributed by atoms with Crippen LogP contribution in [-0.4, -0.2) is 15.3 Å². The summed E-state index contributed by atoms with van der Waals surface area (Å²) in [7, 11) is 0. The fourth-order valence-electron chi connectivity index (χ4n) is 2.18. The quantitative estimate of drug-likeness (QED) is 0.722. The topological polar surface area (TPSA) is 77.0 Å². The summed E-state index contributed by atoms with van der Waals surface area (Å²) < 4.78 is 5.40. The highest BCUT2D eigenvalue weighted by Gasteiger charge is 2.15. The highest BCUT2D eigenvalue weighted by molar-refractivity contribution is 7.80. The van der Waals surface area contributed by atoms with Gasteiger partial charge in [-0.2, -0.15) is 4.98 Å². The number of para-hydroxylation sites is 1. The zero-order valence-electron chi connectivity index (χ0n) is 11.9. The molecular weight excluding hydrogens is 296 g/mol. The maximum Gasteiger partial charge on any atom is 0.260 e. The highest BCUT2D eigenvalue weighted by atomic mass is 32.1. The first-order valence-corrected chi connectivity index (χ1v) is 7.11. The van der Waals surface area contributed by atoms with Gasteiger partial charge in [-0.15, -0.1) is 0 Å². The van der Waals surface area contributed by atoms with Gasteiger partial charge >= 0.3 is 0 Å². The number of hydrogen-bond donors (Lipinski definition) is 2. The molecule has 6 heteroatoms. The molecule has 0 saturated carbocycles. The minimum Gasteiger partial charge on any atom is -0.376 e. The Hall–Kier alpha value is -2.73. The maximum absolute atomic E-state index is 5.54. The number of nitrogens with zero attached hydrogens (tertiary/aromatic N) is 2. The van der Waals surface area contributed by atoms with E-state index in [4.69, 9.17) is 22.5 Å². The molecule has 3 N–H and O–H groups in total. The molecule has 0 atom stereocenters. The first kappa shape index (κ1) is 14.2. The summed E-state index contributed by atoms with van der Waals surface area (Å²) in [5, 5.41) is 7.17. The van der Waals surface area contributed by atoms with Crippen molar-refractivity contribution in [2.24, 2.45) is 5.73 Å². The first-order chi connectivity index (χ1) is 10.6. The zero-order chi connectivity index (χ0) is 15.5. The molecule has 0 aliphatic heterocycles. The second-order valence-electron chi connectivity index (χ2n) is 4.77. The predicted molar refractivity (Wildman–Crippen MR) is 90.3 cm³/mol. The number of rotatable bonds is 3. The van der Waals surface area contributed by atoms with Gasteiger partial charge in [0, 0.05) is 5.56 Å². The van der Waals surface area contributed by atoms with Crippen LogP contribution in [0.3, 0.4) is 0 Å². The molecule has 0 radical (unpaired) electrons. The number of aryl methyl sites for hydroxylation is 1. The molecule has 1 heterocycles. The van der Waals surface area contributed by atoms with Gasteiger partial charge in [-0.25, -0.2) is 0 Å². The summed E-state index contributed by atoms with van der Waals surface area (Å²) in [5.41, 5.74) is 9.05. The van der Waals surface area contributed by atoms with Gasteiger partial charge in [-0.3, -0.25) is 0 Å². The average molecular weight is 310 g/mol. The molecule has 0 spiro atoms. The third-order valence-electron chi connectivity index (χ3n) is 3.23. The molecule has 110 valence electrons. The lowest BCUT2D eigenvalue weighted by Crippen LogP contribution is -2.19. The Kier molecular flexibility index (Phi) is 3.84. The lowest BCUT2D eigenvalue weighted by atomic mass is 10.1. The van der Waals surface area contributed by atoms with E-state index < -0.39 is 0 Å². The van der Waals surface area contributed by atoms with E-state index in [9.17, 15) is 0 Å². The molecule has 0 aliphatic rings. The average Bonchev–Trinajstić information content (AvgIpc) is 2.97. The Bertz CT molecular complexity index is 828. The van der Waals surface area contributed by atoms with E-state index in [0.29, 0.717) is 11.7 Å². The van der Waals surface area contributed by atoms with E-state index in [0.717, 1.165) is 22.4 Å². The molecule has 3 aromatic rings. The number of anilines is 1. The molecule has 0 fully saturated rings. The van der Waals surface area contributed by atoms with Crippen LogP contribution in [0, 0.1) is 6.92 Å². The van der Waals surface area contributed by atoms with E-state index >= 15 is 0 Å². The Morgan fingerprint density at radius 2 is 1.77 bits per heavy atom. The zero-order valence-corrected chi connectivity index (χ0v) is 12.7. The minimum absolute atomic E-state index is 0.186. The Labute approximate surface area is 133 Å². The van der Waals surface area contributed by atoms with Crippen molar-refractivity contribution in [2.45, 2.75) is 6.92 Å². The number of aromatic nitrogens is 2. The number of nitrogens with two attached hydrogens (primary N) is 1. The van der Waals surface area contributed by atoms with Gasteiger partial charge in [0.1, 0.15) is 0 Å². The van der Waals surface area contributed by atoms with E-state index in [2.05, 4.69) is 15.5 Å². The van der Waals surface area contributed by atoms with Gasteiger partial charge in [-0.1, -0.05) is 41.6 Å². The van der Waals surface area contributed by atoms with Crippen LogP contribution in [0.15, 0.2) is 53.1 Å². The normalized spacial score (nSPS) is 10.4. The fraction of sp³-hybridized carbons (Fsp3) is 0.0625. The van der Waals surface area contributed by atoms with Gasteiger partial charge in [0.05, 0.1) is 11.3 Å². The van der Waals surface area contributed by atoms with Gasteiger partial charge < -0.3 is 15.6 Å². The Morgan fingerprint density at radius 1 is 1.09 bits per heavy atom. The molecule has 2 aromatic carbocycles. The van der Waals surface area contributed by atoms with E-state index in [1.54, 1.807) is 0 Å². The van der Waals surface area contributed by atoms with Gasteiger partial charge in [0.15, 0.2) is 5.11 Å². The van der Waals surface area contributed by atoms with Crippen LogP contribution >= 0.6 is 12.2 Å². The standard InChI is InChI=1S/C16H14N4OS/c1-10-6-2-3-7-11(10)14-19-15(21-20-14)12-8-4-5-9-13(12)18-16(17)22/h2-9H,1H3,(H3,17,18,22). The van der Waals surface area contributed by atoms with Crippen molar-refractivity contribution in [1.82, 2.24) is 10.1 Å². The van der Waals surface area contributed by atoms with E-state index in [1.807, 2.05) is 55.5 Å². The van der Waals surface area contributed by atoms with Crippen molar-refractivity contribution < 1.29 is 4.52 Å². The number of hydrogen-bond acceptors (Lipinski definition) is 4. The summed E-state index contributed by atoms with van der Waals surface area (Å²) in [4.78, 5) is 4.48. The SMILES string of the molecule is Cc1ccccc1-c1noc(-c2ccccc2NC(N)=S)n1. The number of nitrogens with one attached hydrogen (secondary N) is 1. The maximum atomic E-state index is 5.54. The fourth-order valence-corrected chi connectivity index (χ4v) is 2.29. The predicted octanol–water partition coefficient (Wildman–Crippen LogP) is 3.37. The molecule has 0 amide bonds. The van der Waals surface area contributed by atoms with Crippen molar-refractivity contribution in [3.8, 4) is 22.8 Å². The molecule has 5 nitrogen and oxygen atoms in total. The van der Waals surface area contributed by atoms with Crippen LogP contribution in [0.25, 0.3) is 22.8 Å². The second kappa shape index (κ2) is 5.95. The van der Waals surface area contributed by atoms with Crippen LogP contribution in [0.4, 0.5) is 5.69 Å². The van der Waals surface area contributed by atoms with Gasteiger partial charge in [0.25, 0.3) is 5.89 Å². The van der Waals surface area contributed by atoms with Crippen LogP contribution in [0.1, 0.15) is 5.56 Å². The smallest absolute Gasteiger partial charge is 0.260 e. The van der Waals surface area contributed by atoms with Gasteiger partial charge in [-0.05, 0) is 36.8 Å². The molecule has 3 rings (SSSR count). The van der Waals surface area contributed by atoms with E-state index in [-0.39, 0.29) is 5.11 Å². The first-order valence-electron chi connectivity index (χ1n) is 6.71. The summed E-state index contributed by atoms with van der Waals surface area (Å²) in [6.07, 6.45) is 0. The van der Waals surface area contributed by atoms with Crippen molar-refractivity contribution in [2.75, 3.05) is 5.32 Å². The summed E-state index contributed by atoms with van der Waals surface area (Å²) in [6.45, 7) is 2.01.